The van der Waals surface area contributed by atoms with Crippen molar-refractivity contribution >= 4 is 5.97 Å². The van der Waals surface area contributed by atoms with Crippen molar-refractivity contribution in [3.8, 4) is 0 Å². The lowest BCUT2D eigenvalue weighted by molar-refractivity contribution is -0.143. The first-order valence-electron chi connectivity index (χ1n) is 7.29. The largest absolute Gasteiger partial charge is 0.466 e. The fraction of sp³-hybridized carbons (Fsp3) is 0.933. The molecule has 104 valence electrons. The fourth-order valence-electron chi connectivity index (χ4n) is 4.36. The number of fused-ring (bicyclic) bond motifs is 2. The van der Waals surface area contributed by atoms with Gasteiger partial charge in [0, 0.05) is 12.6 Å². The minimum Gasteiger partial charge on any atom is -0.466 e. The van der Waals surface area contributed by atoms with Gasteiger partial charge in [-0.05, 0) is 42.9 Å². The Morgan fingerprint density at radius 1 is 1.39 bits per heavy atom. The van der Waals surface area contributed by atoms with Crippen LogP contribution in [0.5, 0.6) is 0 Å². The van der Waals surface area contributed by atoms with Gasteiger partial charge in [-0.1, -0.05) is 20.8 Å². The highest BCUT2D eigenvalue weighted by atomic mass is 16.5. The van der Waals surface area contributed by atoms with Crippen LogP contribution < -0.4 is 5.32 Å². The Hall–Kier alpha value is -0.570. The molecule has 0 spiro atoms. The standard InChI is InChI=1S/C15H27NO2/c1-5-18-12(17)7-9-16-13-14(2,3)11-6-8-15(13,4)10-11/h11,13,16H,5-10H2,1-4H3/t11-,13?,15+/m0/s1. The summed E-state index contributed by atoms with van der Waals surface area (Å²) >= 11 is 0. The molecule has 2 aliphatic rings. The second kappa shape index (κ2) is 4.84. The summed E-state index contributed by atoms with van der Waals surface area (Å²) in [4.78, 5) is 11.4. The van der Waals surface area contributed by atoms with E-state index in [0.29, 0.717) is 29.9 Å². The zero-order valence-electron chi connectivity index (χ0n) is 12.2. The third-order valence-corrected chi connectivity index (χ3v) is 5.25. The van der Waals surface area contributed by atoms with Gasteiger partial charge in [-0.15, -0.1) is 0 Å². The van der Waals surface area contributed by atoms with Crippen molar-refractivity contribution in [1.29, 1.82) is 0 Å². The van der Waals surface area contributed by atoms with Crippen molar-refractivity contribution in [3.05, 3.63) is 0 Å². The third-order valence-electron chi connectivity index (χ3n) is 5.25. The van der Waals surface area contributed by atoms with E-state index >= 15 is 0 Å². The molecule has 3 heteroatoms. The fourth-order valence-corrected chi connectivity index (χ4v) is 4.36. The molecule has 3 nitrogen and oxygen atoms in total. The molecular weight excluding hydrogens is 226 g/mol. The molecule has 0 aromatic rings. The maximum Gasteiger partial charge on any atom is 0.307 e. The number of hydrogen-bond donors (Lipinski definition) is 1. The highest BCUT2D eigenvalue weighted by Crippen LogP contribution is 2.62. The van der Waals surface area contributed by atoms with E-state index < -0.39 is 0 Å². The highest BCUT2D eigenvalue weighted by molar-refractivity contribution is 5.69. The first-order valence-corrected chi connectivity index (χ1v) is 7.29. The van der Waals surface area contributed by atoms with Crippen LogP contribution in [0.15, 0.2) is 0 Å². The lowest BCUT2D eigenvalue weighted by Gasteiger charge is -2.43. The Labute approximate surface area is 111 Å². The van der Waals surface area contributed by atoms with Gasteiger partial charge in [0.15, 0.2) is 0 Å². The molecule has 1 unspecified atom stereocenters. The number of esters is 1. The van der Waals surface area contributed by atoms with Gasteiger partial charge in [0.2, 0.25) is 0 Å². The van der Waals surface area contributed by atoms with Gasteiger partial charge >= 0.3 is 5.97 Å². The summed E-state index contributed by atoms with van der Waals surface area (Å²) in [7, 11) is 0. The lowest BCUT2D eigenvalue weighted by Crippen LogP contribution is -2.50. The summed E-state index contributed by atoms with van der Waals surface area (Å²) < 4.78 is 4.97. The average Bonchev–Trinajstić information content (AvgIpc) is 2.75. The zero-order chi connectivity index (χ0) is 13.4. The van der Waals surface area contributed by atoms with Gasteiger partial charge in [0.05, 0.1) is 13.0 Å². The summed E-state index contributed by atoms with van der Waals surface area (Å²) in [5.41, 5.74) is 0.796. The smallest absolute Gasteiger partial charge is 0.307 e. The van der Waals surface area contributed by atoms with E-state index in [1.54, 1.807) is 0 Å². The van der Waals surface area contributed by atoms with Crippen LogP contribution >= 0.6 is 0 Å². The lowest BCUT2D eigenvalue weighted by atomic mass is 9.68. The molecule has 2 saturated carbocycles. The monoisotopic (exact) mass is 253 g/mol. The quantitative estimate of drug-likeness (QED) is 0.766. The molecule has 0 aliphatic heterocycles. The first-order chi connectivity index (χ1) is 8.40. The van der Waals surface area contributed by atoms with Gasteiger partial charge in [-0.25, -0.2) is 0 Å². The molecule has 2 aliphatic carbocycles. The molecule has 0 heterocycles. The van der Waals surface area contributed by atoms with E-state index in [4.69, 9.17) is 4.74 Å². The first kappa shape index (κ1) is 13.9. The van der Waals surface area contributed by atoms with E-state index in [1.807, 2.05) is 6.92 Å². The predicted octanol–water partition coefficient (Wildman–Crippen LogP) is 2.74. The van der Waals surface area contributed by atoms with E-state index in [2.05, 4.69) is 26.1 Å². The predicted molar refractivity (Wildman–Crippen MR) is 72.3 cm³/mol. The molecular formula is C15H27NO2. The zero-order valence-corrected chi connectivity index (χ0v) is 12.2. The summed E-state index contributed by atoms with van der Waals surface area (Å²) in [6.07, 6.45) is 4.54. The van der Waals surface area contributed by atoms with Gasteiger partial charge in [0.1, 0.15) is 0 Å². The van der Waals surface area contributed by atoms with Crippen LogP contribution in [0.4, 0.5) is 0 Å². The Kier molecular flexibility index (Phi) is 3.72. The molecule has 0 aromatic carbocycles. The highest BCUT2D eigenvalue weighted by Gasteiger charge is 2.58. The second-order valence-electron chi connectivity index (χ2n) is 6.86. The third kappa shape index (κ3) is 2.29. The van der Waals surface area contributed by atoms with Gasteiger partial charge < -0.3 is 10.1 Å². The normalized spacial score (nSPS) is 36.9. The number of carbonyl (C=O) groups is 1. The minimum atomic E-state index is -0.0869. The van der Waals surface area contributed by atoms with Crippen LogP contribution in [0.1, 0.15) is 53.4 Å². The molecule has 2 rings (SSSR count). The Balaban J connectivity index is 1.87. The minimum absolute atomic E-state index is 0.0869. The van der Waals surface area contributed by atoms with Crippen LogP contribution in [0.3, 0.4) is 0 Å². The Morgan fingerprint density at radius 3 is 2.67 bits per heavy atom. The molecule has 2 fully saturated rings. The summed E-state index contributed by atoms with van der Waals surface area (Å²) in [6.45, 7) is 10.2. The van der Waals surface area contributed by atoms with Crippen molar-refractivity contribution in [2.75, 3.05) is 13.2 Å². The van der Waals surface area contributed by atoms with Gasteiger partial charge in [-0.2, -0.15) is 0 Å². The summed E-state index contributed by atoms with van der Waals surface area (Å²) in [5.74, 6) is 0.763. The van der Waals surface area contributed by atoms with Crippen molar-refractivity contribution in [2.24, 2.45) is 16.7 Å². The Bertz CT molecular complexity index is 322. The van der Waals surface area contributed by atoms with Gasteiger partial charge in [-0.3, -0.25) is 4.79 Å². The maximum atomic E-state index is 11.4. The van der Waals surface area contributed by atoms with Gasteiger partial charge in [0.25, 0.3) is 0 Å². The van der Waals surface area contributed by atoms with Crippen LogP contribution in [0.2, 0.25) is 0 Å². The maximum absolute atomic E-state index is 11.4. The number of carbonyl (C=O) groups excluding carboxylic acids is 1. The van der Waals surface area contributed by atoms with Crippen LogP contribution in [-0.2, 0) is 9.53 Å². The van der Waals surface area contributed by atoms with E-state index in [1.165, 1.54) is 19.3 Å². The second-order valence-corrected chi connectivity index (χ2v) is 6.86. The Morgan fingerprint density at radius 2 is 2.11 bits per heavy atom. The average molecular weight is 253 g/mol. The van der Waals surface area contributed by atoms with Crippen molar-refractivity contribution in [2.45, 2.75) is 59.4 Å². The van der Waals surface area contributed by atoms with Crippen molar-refractivity contribution in [1.82, 2.24) is 5.32 Å². The van der Waals surface area contributed by atoms with Crippen LogP contribution in [0, 0.1) is 16.7 Å². The molecule has 3 atom stereocenters. The van der Waals surface area contributed by atoms with Crippen LogP contribution in [-0.4, -0.2) is 25.2 Å². The molecule has 0 aromatic heterocycles. The van der Waals surface area contributed by atoms with E-state index in [-0.39, 0.29) is 5.97 Å². The topological polar surface area (TPSA) is 38.3 Å². The molecule has 2 bridgehead atoms. The van der Waals surface area contributed by atoms with E-state index in [0.717, 1.165) is 12.5 Å². The number of hydrogen-bond acceptors (Lipinski definition) is 3. The van der Waals surface area contributed by atoms with Crippen LogP contribution in [0.25, 0.3) is 0 Å². The summed E-state index contributed by atoms with van der Waals surface area (Å²) in [5, 5.41) is 3.63. The SMILES string of the molecule is CCOC(=O)CCNC1C(C)(C)[C@H]2CC[C@]1(C)C2. The molecule has 18 heavy (non-hydrogen) atoms. The molecule has 0 radical (unpaired) electrons. The van der Waals surface area contributed by atoms with Crippen molar-refractivity contribution < 1.29 is 9.53 Å². The number of ether oxygens (including phenoxy) is 1. The number of nitrogens with one attached hydrogen (secondary N) is 1. The molecule has 1 N–H and O–H groups in total. The van der Waals surface area contributed by atoms with E-state index in [9.17, 15) is 4.79 Å². The molecule has 0 saturated heterocycles. The van der Waals surface area contributed by atoms with Crippen molar-refractivity contribution in [3.63, 3.8) is 0 Å². The molecule has 0 amide bonds. The summed E-state index contributed by atoms with van der Waals surface area (Å²) in [6, 6.07) is 0.540. The number of rotatable bonds is 5.